The Balaban J connectivity index is 1.55. The Kier molecular flexibility index (Phi) is 3.70. The van der Waals surface area contributed by atoms with Gasteiger partial charge in [0.2, 0.25) is 0 Å². The number of nitrogens with zero attached hydrogens (tertiary/aromatic N) is 4. The fourth-order valence-corrected chi connectivity index (χ4v) is 2.47. The predicted octanol–water partition coefficient (Wildman–Crippen LogP) is 1.80. The summed E-state index contributed by atoms with van der Waals surface area (Å²) in [6.45, 7) is 5.28. The fourth-order valence-electron chi connectivity index (χ4n) is 2.47. The molecule has 0 N–H and O–H groups in total. The van der Waals surface area contributed by atoms with Crippen LogP contribution in [0.3, 0.4) is 0 Å². The summed E-state index contributed by atoms with van der Waals surface area (Å²) in [5, 5.41) is 0. The number of piperazine rings is 1. The lowest BCUT2D eigenvalue weighted by Crippen LogP contribution is -2.45. The molecule has 0 amide bonds. The second-order valence-electron chi connectivity index (χ2n) is 4.85. The Morgan fingerprint density at radius 2 is 1.58 bits per heavy atom. The first-order valence-electron chi connectivity index (χ1n) is 6.68. The molecule has 0 spiro atoms. The highest BCUT2D eigenvalue weighted by Gasteiger charge is 2.17. The molecule has 4 nitrogen and oxygen atoms in total. The standard InChI is InChI=1S/C15H18N4/c1-2-4-15(5-3-1)19-8-6-18(7-9-19)12-14-10-16-13-17-11-14/h1-5,10-11,13H,6-9,12H2. The molecule has 4 heteroatoms. The molecule has 1 fully saturated rings. The summed E-state index contributed by atoms with van der Waals surface area (Å²) in [5.41, 5.74) is 2.51. The molecular formula is C15H18N4. The largest absolute Gasteiger partial charge is 0.369 e. The lowest BCUT2D eigenvalue weighted by Gasteiger charge is -2.36. The molecule has 19 heavy (non-hydrogen) atoms. The van der Waals surface area contributed by atoms with E-state index >= 15 is 0 Å². The molecule has 1 aliphatic rings. The normalized spacial score (nSPS) is 16.5. The van der Waals surface area contributed by atoms with Gasteiger partial charge < -0.3 is 4.90 Å². The molecule has 0 atom stereocenters. The van der Waals surface area contributed by atoms with Gasteiger partial charge in [-0.05, 0) is 12.1 Å². The first kappa shape index (κ1) is 12.1. The molecular weight excluding hydrogens is 236 g/mol. The van der Waals surface area contributed by atoms with Crippen LogP contribution < -0.4 is 4.90 Å². The number of rotatable bonds is 3. The van der Waals surface area contributed by atoms with Crippen LogP contribution in [0.25, 0.3) is 0 Å². The molecule has 1 aromatic heterocycles. The van der Waals surface area contributed by atoms with E-state index in [9.17, 15) is 0 Å². The quantitative estimate of drug-likeness (QED) is 0.836. The number of anilines is 1. The van der Waals surface area contributed by atoms with Gasteiger partial charge in [-0.3, -0.25) is 4.90 Å². The number of hydrogen-bond acceptors (Lipinski definition) is 4. The van der Waals surface area contributed by atoms with E-state index in [2.05, 4.69) is 50.1 Å². The number of hydrogen-bond donors (Lipinski definition) is 0. The van der Waals surface area contributed by atoms with Crippen molar-refractivity contribution in [2.45, 2.75) is 6.54 Å². The zero-order chi connectivity index (χ0) is 12.9. The van der Waals surface area contributed by atoms with E-state index < -0.39 is 0 Å². The van der Waals surface area contributed by atoms with Crippen LogP contribution in [-0.4, -0.2) is 41.0 Å². The molecule has 3 rings (SSSR count). The Hall–Kier alpha value is -1.94. The predicted molar refractivity (Wildman–Crippen MR) is 76.0 cm³/mol. The molecule has 0 unspecified atom stereocenters. The van der Waals surface area contributed by atoms with Gasteiger partial charge in [-0.15, -0.1) is 0 Å². The van der Waals surface area contributed by atoms with Crippen molar-refractivity contribution in [3.8, 4) is 0 Å². The molecule has 0 radical (unpaired) electrons. The van der Waals surface area contributed by atoms with E-state index in [1.165, 1.54) is 11.3 Å². The fraction of sp³-hybridized carbons (Fsp3) is 0.333. The van der Waals surface area contributed by atoms with Crippen molar-refractivity contribution >= 4 is 5.69 Å². The Bertz CT molecular complexity index is 492. The topological polar surface area (TPSA) is 32.3 Å². The summed E-state index contributed by atoms with van der Waals surface area (Å²) < 4.78 is 0. The van der Waals surface area contributed by atoms with Crippen LogP contribution in [0.4, 0.5) is 5.69 Å². The molecule has 0 saturated carbocycles. The second kappa shape index (κ2) is 5.80. The van der Waals surface area contributed by atoms with Crippen molar-refractivity contribution in [2.75, 3.05) is 31.1 Å². The van der Waals surface area contributed by atoms with E-state index in [0.29, 0.717) is 0 Å². The third-order valence-electron chi connectivity index (χ3n) is 3.51. The maximum absolute atomic E-state index is 4.06. The average molecular weight is 254 g/mol. The van der Waals surface area contributed by atoms with Gasteiger partial charge in [0.1, 0.15) is 6.33 Å². The van der Waals surface area contributed by atoms with E-state index in [1.807, 2.05) is 12.4 Å². The highest BCUT2D eigenvalue weighted by molar-refractivity contribution is 5.46. The first-order valence-corrected chi connectivity index (χ1v) is 6.68. The summed E-state index contributed by atoms with van der Waals surface area (Å²) in [4.78, 5) is 13.0. The van der Waals surface area contributed by atoms with Crippen LogP contribution >= 0.6 is 0 Å². The molecule has 2 aromatic rings. The SMILES string of the molecule is c1ccc(N2CCN(Cc3cncnc3)CC2)cc1. The van der Waals surface area contributed by atoms with Gasteiger partial charge in [0.25, 0.3) is 0 Å². The number of para-hydroxylation sites is 1. The Morgan fingerprint density at radius 3 is 2.26 bits per heavy atom. The van der Waals surface area contributed by atoms with Gasteiger partial charge in [0, 0.05) is 56.4 Å². The summed E-state index contributed by atoms with van der Waals surface area (Å²) in [5.74, 6) is 0. The van der Waals surface area contributed by atoms with Crippen molar-refractivity contribution in [1.82, 2.24) is 14.9 Å². The lowest BCUT2D eigenvalue weighted by atomic mass is 10.2. The van der Waals surface area contributed by atoms with Crippen LogP contribution in [0.1, 0.15) is 5.56 Å². The molecule has 0 bridgehead atoms. The molecule has 98 valence electrons. The zero-order valence-corrected chi connectivity index (χ0v) is 10.9. The Labute approximate surface area is 113 Å². The van der Waals surface area contributed by atoms with Crippen LogP contribution in [0.5, 0.6) is 0 Å². The number of benzene rings is 1. The molecule has 2 heterocycles. The van der Waals surface area contributed by atoms with E-state index in [0.717, 1.165) is 32.7 Å². The highest BCUT2D eigenvalue weighted by atomic mass is 15.3. The van der Waals surface area contributed by atoms with Gasteiger partial charge in [0.15, 0.2) is 0 Å². The average Bonchev–Trinajstić information content (AvgIpc) is 2.50. The monoisotopic (exact) mass is 254 g/mol. The van der Waals surface area contributed by atoms with Crippen molar-refractivity contribution in [3.05, 3.63) is 54.6 Å². The minimum absolute atomic E-state index is 0.948. The zero-order valence-electron chi connectivity index (χ0n) is 10.9. The third-order valence-corrected chi connectivity index (χ3v) is 3.51. The molecule has 0 aliphatic carbocycles. The molecule has 1 saturated heterocycles. The highest BCUT2D eigenvalue weighted by Crippen LogP contribution is 2.16. The lowest BCUT2D eigenvalue weighted by molar-refractivity contribution is 0.249. The maximum atomic E-state index is 4.06. The van der Waals surface area contributed by atoms with Gasteiger partial charge in [-0.25, -0.2) is 9.97 Å². The molecule has 1 aliphatic heterocycles. The van der Waals surface area contributed by atoms with Gasteiger partial charge in [-0.2, -0.15) is 0 Å². The number of aromatic nitrogens is 2. The van der Waals surface area contributed by atoms with Crippen molar-refractivity contribution in [1.29, 1.82) is 0 Å². The summed E-state index contributed by atoms with van der Waals surface area (Å²) in [7, 11) is 0. The summed E-state index contributed by atoms with van der Waals surface area (Å²) >= 11 is 0. The second-order valence-corrected chi connectivity index (χ2v) is 4.85. The summed E-state index contributed by atoms with van der Waals surface area (Å²) in [6, 6.07) is 10.6. The maximum Gasteiger partial charge on any atom is 0.115 e. The van der Waals surface area contributed by atoms with Crippen LogP contribution in [-0.2, 0) is 6.54 Å². The van der Waals surface area contributed by atoms with Gasteiger partial charge in [0.05, 0.1) is 0 Å². The van der Waals surface area contributed by atoms with Crippen molar-refractivity contribution in [2.24, 2.45) is 0 Å². The first-order chi connectivity index (χ1) is 9.42. The van der Waals surface area contributed by atoms with Crippen molar-refractivity contribution < 1.29 is 0 Å². The van der Waals surface area contributed by atoms with E-state index in [-0.39, 0.29) is 0 Å². The summed E-state index contributed by atoms with van der Waals surface area (Å²) in [6.07, 6.45) is 5.38. The minimum atomic E-state index is 0.948. The third kappa shape index (κ3) is 3.09. The smallest absolute Gasteiger partial charge is 0.115 e. The van der Waals surface area contributed by atoms with E-state index in [1.54, 1.807) is 6.33 Å². The van der Waals surface area contributed by atoms with Gasteiger partial charge in [-0.1, -0.05) is 18.2 Å². The van der Waals surface area contributed by atoms with Crippen molar-refractivity contribution in [3.63, 3.8) is 0 Å². The Morgan fingerprint density at radius 1 is 0.895 bits per heavy atom. The minimum Gasteiger partial charge on any atom is -0.369 e. The van der Waals surface area contributed by atoms with E-state index in [4.69, 9.17) is 0 Å². The van der Waals surface area contributed by atoms with Crippen LogP contribution in [0, 0.1) is 0 Å². The molecule has 1 aromatic carbocycles. The van der Waals surface area contributed by atoms with Gasteiger partial charge >= 0.3 is 0 Å². The van der Waals surface area contributed by atoms with Crippen LogP contribution in [0.2, 0.25) is 0 Å². The van der Waals surface area contributed by atoms with Crippen LogP contribution in [0.15, 0.2) is 49.1 Å².